The number of aryl methyl sites for hydroxylation is 1. The molecule has 1 aliphatic heterocycles. The van der Waals surface area contributed by atoms with Gasteiger partial charge in [0, 0.05) is 18.2 Å². The summed E-state index contributed by atoms with van der Waals surface area (Å²) >= 11 is 0. The number of carbonyl (C=O) groups excluding carboxylic acids is 1. The highest BCUT2D eigenvalue weighted by molar-refractivity contribution is 7.92. The third-order valence-electron chi connectivity index (χ3n) is 4.75. The zero-order valence-corrected chi connectivity index (χ0v) is 16.2. The van der Waals surface area contributed by atoms with E-state index in [0.717, 1.165) is 18.4 Å². The summed E-state index contributed by atoms with van der Waals surface area (Å²) in [7, 11) is -3.32. The van der Waals surface area contributed by atoms with Crippen LogP contribution in [0.1, 0.15) is 24.5 Å². The van der Waals surface area contributed by atoms with Crippen LogP contribution >= 0.6 is 0 Å². The summed E-state index contributed by atoms with van der Waals surface area (Å²) < 4.78 is 39.0. The Kier molecular flexibility index (Phi) is 5.51. The molecule has 1 heterocycles. The van der Waals surface area contributed by atoms with Gasteiger partial charge in [0.2, 0.25) is 15.9 Å². The van der Waals surface area contributed by atoms with E-state index in [-0.39, 0.29) is 11.7 Å². The number of nitrogens with zero attached hydrogens (tertiary/aromatic N) is 1. The van der Waals surface area contributed by atoms with Gasteiger partial charge in [-0.1, -0.05) is 25.1 Å². The number of carbonyl (C=O) groups is 1. The highest BCUT2D eigenvalue weighted by Crippen LogP contribution is 2.31. The summed E-state index contributed by atoms with van der Waals surface area (Å²) in [4.78, 5) is 12.5. The fraction of sp³-hybridized carbons (Fsp3) is 0.350. The topological polar surface area (TPSA) is 66.5 Å². The molecule has 0 aliphatic carbocycles. The molecule has 1 unspecified atom stereocenters. The van der Waals surface area contributed by atoms with Gasteiger partial charge in [0.1, 0.15) is 5.82 Å². The van der Waals surface area contributed by atoms with Crippen LogP contribution in [-0.4, -0.2) is 27.1 Å². The van der Waals surface area contributed by atoms with Crippen molar-refractivity contribution in [1.82, 2.24) is 0 Å². The average Bonchev–Trinajstić information content (AvgIpc) is 2.62. The molecule has 2 aromatic carbocycles. The number of hydrogen-bond acceptors (Lipinski definition) is 3. The third kappa shape index (κ3) is 4.47. The van der Waals surface area contributed by atoms with E-state index in [1.165, 1.54) is 16.6 Å². The molecule has 0 aromatic heterocycles. The molecule has 144 valence electrons. The van der Waals surface area contributed by atoms with Gasteiger partial charge in [0.25, 0.3) is 0 Å². The van der Waals surface area contributed by atoms with Gasteiger partial charge in [-0.2, -0.15) is 0 Å². The Morgan fingerprint density at radius 3 is 2.70 bits per heavy atom. The normalized spacial score (nSPS) is 15.1. The van der Waals surface area contributed by atoms with Crippen molar-refractivity contribution in [1.29, 1.82) is 0 Å². The number of halogens is 1. The molecule has 1 aliphatic rings. The zero-order valence-electron chi connectivity index (χ0n) is 15.4. The van der Waals surface area contributed by atoms with E-state index in [0.29, 0.717) is 29.9 Å². The molecule has 0 radical (unpaired) electrons. The van der Waals surface area contributed by atoms with Gasteiger partial charge in [-0.05, 0) is 54.7 Å². The molecule has 1 amide bonds. The lowest BCUT2D eigenvalue weighted by Crippen LogP contribution is -2.34. The van der Waals surface area contributed by atoms with Crippen LogP contribution in [0.25, 0.3) is 0 Å². The van der Waals surface area contributed by atoms with E-state index in [2.05, 4.69) is 5.32 Å². The van der Waals surface area contributed by atoms with Crippen LogP contribution in [0.3, 0.4) is 0 Å². The quantitative estimate of drug-likeness (QED) is 0.851. The van der Waals surface area contributed by atoms with E-state index in [9.17, 15) is 17.6 Å². The fourth-order valence-electron chi connectivity index (χ4n) is 3.34. The third-order valence-corrected chi connectivity index (χ3v) is 5.93. The summed E-state index contributed by atoms with van der Waals surface area (Å²) in [6.45, 7) is 2.22. The van der Waals surface area contributed by atoms with Crippen LogP contribution in [0.2, 0.25) is 0 Å². The summed E-state index contributed by atoms with van der Waals surface area (Å²) in [6.07, 6.45) is 3.00. The summed E-state index contributed by atoms with van der Waals surface area (Å²) in [5.74, 6) is -0.911. The molecule has 7 heteroatoms. The van der Waals surface area contributed by atoms with Gasteiger partial charge in [-0.3, -0.25) is 9.10 Å². The van der Waals surface area contributed by atoms with Crippen LogP contribution in [0, 0.1) is 11.7 Å². The molecule has 1 N–H and O–H groups in total. The number of nitrogens with one attached hydrogen (secondary N) is 1. The summed E-state index contributed by atoms with van der Waals surface area (Å²) in [5.41, 5.74) is 2.69. The van der Waals surface area contributed by atoms with Crippen LogP contribution < -0.4 is 9.62 Å². The maximum atomic E-state index is 13.8. The Balaban J connectivity index is 1.72. The molecule has 0 bridgehead atoms. The van der Waals surface area contributed by atoms with Gasteiger partial charge in [0.15, 0.2) is 0 Å². The van der Waals surface area contributed by atoms with Crippen molar-refractivity contribution in [3.05, 3.63) is 59.4 Å². The summed E-state index contributed by atoms with van der Waals surface area (Å²) in [5, 5.41) is 2.86. The molecule has 0 saturated heterocycles. The first-order chi connectivity index (χ1) is 12.8. The van der Waals surface area contributed by atoms with Crippen molar-refractivity contribution in [2.45, 2.75) is 26.2 Å². The van der Waals surface area contributed by atoms with E-state index >= 15 is 0 Å². The van der Waals surface area contributed by atoms with E-state index in [4.69, 9.17) is 0 Å². The Morgan fingerprint density at radius 1 is 1.26 bits per heavy atom. The minimum atomic E-state index is -3.32. The first-order valence-corrected chi connectivity index (χ1v) is 10.8. The number of anilines is 2. The molecule has 0 fully saturated rings. The highest BCUT2D eigenvalue weighted by atomic mass is 32.2. The van der Waals surface area contributed by atoms with E-state index < -0.39 is 15.9 Å². The van der Waals surface area contributed by atoms with Gasteiger partial charge < -0.3 is 5.32 Å². The number of hydrogen-bond donors (Lipinski definition) is 1. The molecule has 5 nitrogen and oxygen atoms in total. The van der Waals surface area contributed by atoms with Gasteiger partial charge in [0.05, 0.1) is 11.9 Å². The Morgan fingerprint density at radius 2 is 2.00 bits per heavy atom. The lowest BCUT2D eigenvalue weighted by Gasteiger charge is -2.29. The van der Waals surface area contributed by atoms with Gasteiger partial charge >= 0.3 is 0 Å². The number of rotatable bonds is 5. The second-order valence-corrected chi connectivity index (χ2v) is 8.87. The van der Waals surface area contributed by atoms with E-state index in [1.807, 2.05) is 6.07 Å². The molecular weight excluding hydrogens is 367 g/mol. The van der Waals surface area contributed by atoms with Crippen LogP contribution in [-0.2, 0) is 27.7 Å². The molecule has 2 aromatic rings. The summed E-state index contributed by atoms with van der Waals surface area (Å²) in [6, 6.07) is 11.7. The van der Waals surface area contributed by atoms with Crippen molar-refractivity contribution < 1.29 is 17.6 Å². The van der Waals surface area contributed by atoms with E-state index in [1.54, 1.807) is 37.3 Å². The standard InChI is InChI=1S/C20H23FN2O3S/c1-14(12-15-6-3-4-8-18(15)21)20(24)22-17-9-10-19-16(13-17)7-5-11-23(19)27(2,25)26/h3-4,6,8-10,13-14H,5,7,11-12H2,1-2H3,(H,22,24). The maximum absolute atomic E-state index is 13.8. The molecule has 3 rings (SSSR count). The second kappa shape index (κ2) is 7.68. The van der Waals surface area contributed by atoms with Gasteiger partial charge in [-0.25, -0.2) is 12.8 Å². The van der Waals surface area contributed by atoms with Crippen LogP contribution in [0.5, 0.6) is 0 Å². The van der Waals surface area contributed by atoms with Crippen molar-refractivity contribution >= 4 is 27.3 Å². The first kappa shape index (κ1) is 19.4. The largest absolute Gasteiger partial charge is 0.326 e. The van der Waals surface area contributed by atoms with Crippen molar-refractivity contribution in [3.8, 4) is 0 Å². The van der Waals surface area contributed by atoms with Crippen molar-refractivity contribution in [2.24, 2.45) is 5.92 Å². The Hall–Kier alpha value is -2.41. The van der Waals surface area contributed by atoms with Crippen LogP contribution in [0.15, 0.2) is 42.5 Å². The molecule has 0 spiro atoms. The number of sulfonamides is 1. The molecule has 27 heavy (non-hydrogen) atoms. The van der Waals surface area contributed by atoms with Crippen molar-refractivity contribution in [2.75, 3.05) is 22.4 Å². The molecule has 1 atom stereocenters. The lowest BCUT2D eigenvalue weighted by atomic mass is 9.99. The van der Waals surface area contributed by atoms with Gasteiger partial charge in [-0.15, -0.1) is 0 Å². The van der Waals surface area contributed by atoms with Crippen molar-refractivity contribution in [3.63, 3.8) is 0 Å². The predicted molar refractivity (Wildman–Crippen MR) is 105 cm³/mol. The second-order valence-electron chi connectivity index (χ2n) is 6.97. The number of benzene rings is 2. The fourth-order valence-corrected chi connectivity index (χ4v) is 4.33. The average molecular weight is 390 g/mol. The first-order valence-electron chi connectivity index (χ1n) is 8.90. The highest BCUT2D eigenvalue weighted by Gasteiger charge is 2.24. The molecule has 0 saturated carbocycles. The smallest absolute Gasteiger partial charge is 0.232 e. The SMILES string of the molecule is CC(Cc1ccccc1F)C(=O)Nc1ccc2c(c1)CCCN2S(C)(=O)=O. The number of amides is 1. The Bertz CT molecular complexity index is 959. The Labute approximate surface area is 159 Å². The minimum absolute atomic E-state index is 0.200. The zero-order chi connectivity index (χ0) is 19.6. The number of fused-ring (bicyclic) bond motifs is 1. The lowest BCUT2D eigenvalue weighted by molar-refractivity contribution is -0.119. The monoisotopic (exact) mass is 390 g/mol. The molecular formula is C20H23FN2O3S. The predicted octanol–water partition coefficient (Wildman–Crippen LogP) is 3.36. The minimum Gasteiger partial charge on any atom is -0.326 e. The van der Waals surface area contributed by atoms with Crippen LogP contribution in [0.4, 0.5) is 15.8 Å². The maximum Gasteiger partial charge on any atom is 0.232 e.